The molecule has 0 radical (unpaired) electrons. The Morgan fingerprint density at radius 3 is 2.76 bits per heavy atom. The zero-order valence-corrected chi connectivity index (χ0v) is 14.9. The molecule has 0 bridgehead atoms. The van der Waals surface area contributed by atoms with Gasteiger partial charge in [0, 0.05) is 12.1 Å². The van der Waals surface area contributed by atoms with Gasteiger partial charge in [0.2, 0.25) is 10.0 Å². The van der Waals surface area contributed by atoms with Crippen LogP contribution in [0.4, 0.5) is 0 Å². The fourth-order valence-electron chi connectivity index (χ4n) is 2.96. The average Bonchev–Trinajstić information content (AvgIpc) is 2.81. The third kappa shape index (κ3) is 4.09. The van der Waals surface area contributed by atoms with Crippen molar-refractivity contribution < 1.29 is 12.8 Å². The van der Waals surface area contributed by atoms with E-state index in [9.17, 15) is 8.42 Å². The van der Waals surface area contributed by atoms with Crippen LogP contribution in [-0.2, 0) is 16.6 Å². The molecule has 7 heteroatoms. The quantitative estimate of drug-likeness (QED) is 0.797. The maximum absolute atomic E-state index is 12.6. The molecule has 2 unspecified atom stereocenters. The van der Waals surface area contributed by atoms with Crippen LogP contribution in [0.1, 0.15) is 44.8 Å². The van der Waals surface area contributed by atoms with E-state index >= 15 is 0 Å². The summed E-state index contributed by atoms with van der Waals surface area (Å²) in [6, 6.07) is 1.61. The topological polar surface area (TPSA) is 71.3 Å². The third-order valence-electron chi connectivity index (χ3n) is 4.09. The highest BCUT2D eigenvalue weighted by Gasteiger charge is 2.30. The molecule has 2 atom stereocenters. The van der Waals surface area contributed by atoms with Crippen LogP contribution in [0.5, 0.6) is 0 Å². The van der Waals surface area contributed by atoms with E-state index < -0.39 is 10.0 Å². The summed E-state index contributed by atoms with van der Waals surface area (Å²) in [4.78, 5) is 0.188. The fourth-order valence-corrected chi connectivity index (χ4v) is 5.29. The number of hydrogen-bond acceptors (Lipinski definition) is 4. The summed E-state index contributed by atoms with van der Waals surface area (Å²) in [7, 11) is -1.76. The zero-order chi connectivity index (χ0) is 15.5. The molecular weight excluding hydrogens is 356 g/mol. The van der Waals surface area contributed by atoms with Crippen molar-refractivity contribution in [3.05, 3.63) is 16.5 Å². The first-order chi connectivity index (χ1) is 9.97. The fraction of sp³-hybridized carbons (Fsp3) is 0.714. The number of halogens is 1. The van der Waals surface area contributed by atoms with E-state index in [1.165, 1.54) is 6.42 Å². The van der Waals surface area contributed by atoms with E-state index in [0.717, 1.165) is 25.7 Å². The van der Waals surface area contributed by atoms with Crippen molar-refractivity contribution in [2.45, 2.75) is 56.5 Å². The smallest absolute Gasteiger partial charge is 0.245 e. The molecule has 1 aromatic rings. The normalized spacial score (nSPS) is 23.4. The molecule has 5 nitrogen and oxygen atoms in total. The van der Waals surface area contributed by atoms with Gasteiger partial charge in [-0.15, -0.1) is 0 Å². The summed E-state index contributed by atoms with van der Waals surface area (Å²) in [5, 5.41) is 2.94. The summed E-state index contributed by atoms with van der Waals surface area (Å²) in [6.45, 7) is 2.62. The summed E-state index contributed by atoms with van der Waals surface area (Å²) in [5.74, 6) is 1.02. The molecular formula is C14H23BrN2O3S. The Balaban J connectivity index is 2.17. The van der Waals surface area contributed by atoms with Gasteiger partial charge in [-0.2, -0.15) is 0 Å². The molecule has 0 aliphatic heterocycles. The SMILES string of the molecule is CCC1CCCCC1NS(=O)(=O)c1cc(CNC)oc1Br. The highest BCUT2D eigenvalue weighted by Crippen LogP contribution is 2.30. The predicted octanol–water partition coefficient (Wildman–Crippen LogP) is 3.01. The lowest BCUT2D eigenvalue weighted by Gasteiger charge is -2.31. The number of hydrogen-bond donors (Lipinski definition) is 2. The molecule has 0 saturated heterocycles. The second-order valence-corrected chi connectivity index (χ2v) is 7.96. The minimum absolute atomic E-state index is 0.0308. The van der Waals surface area contributed by atoms with Crippen LogP contribution < -0.4 is 10.0 Å². The van der Waals surface area contributed by atoms with Crippen molar-refractivity contribution in [3.63, 3.8) is 0 Å². The van der Waals surface area contributed by atoms with E-state index in [1.807, 2.05) is 0 Å². The van der Waals surface area contributed by atoms with E-state index in [2.05, 4.69) is 32.9 Å². The standard InChI is InChI=1S/C14H23BrN2O3S/c1-3-10-6-4-5-7-12(10)17-21(18,19)13-8-11(9-16-2)20-14(13)15/h8,10,12,16-17H,3-7,9H2,1-2H3. The lowest BCUT2D eigenvalue weighted by atomic mass is 9.83. The van der Waals surface area contributed by atoms with Crippen LogP contribution in [0.3, 0.4) is 0 Å². The summed E-state index contributed by atoms with van der Waals surface area (Å²) in [5.41, 5.74) is 0. The molecule has 120 valence electrons. The van der Waals surface area contributed by atoms with Gasteiger partial charge in [0.25, 0.3) is 0 Å². The van der Waals surface area contributed by atoms with Crippen molar-refractivity contribution in [2.24, 2.45) is 5.92 Å². The van der Waals surface area contributed by atoms with Crippen LogP contribution in [0, 0.1) is 5.92 Å². The van der Waals surface area contributed by atoms with Gasteiger partial charge >= 0.3 is 0 Å². The Labute approximate surface area is 135 Å². The molecule has 0 amide bonds. The van der Waals surface area contributed by atoms with Gasteiger partial charge in [-0.25, -0.2) is 13.1 Å². The monoisotopic (exact) mass is 378 g/mol. The van der Waals surface area contributed by atoms with Gasteiger partial charge in [-0.1, -0.05) is 26.2 Å². The first kappa shape index (κ1) is 17.0. The number of sulfonamides is 1. The van der Waals surface area contributed by atoms with Gasteiger partial charge in [-0.05, 0) is 41.7 Å². The maximum atomic E-state index is 12.6. The van der Waals surface area contributed by atoms with Gasteiger partial charge in [0.05, 0.1) is 6.54 Å². The van der Waals surface area contributed by atoms with Crippen molar-refractivity contribution in [1.82, 2.24) is 10.0 Å². The van der Waals surface area contributed by atoms with Crippen LogP contribution in [0.15, 0.2) is 20.0 Å². The van der Waals surface area contributed by atoms with Crippen molar-refractivity contribution in [3.8, 4) is 0 Å². The van der Waals surface area contributed by atoms with Gasteiger partial charge in [0.15, 0.2) is 4.67 Å². The molecule has 1 aliphatic rings. The highest BCUT2D eigenvalue weighted by atomic mass is 79.9. The lowest BCUT2D eigenvalue weighted by molar-refractivity contribution is 0.282. The van der Waals surface area contributed by atoms with E-state index in [1.54, 1.807) is 13.1 Å². The second-order valence-electron chi connectivity index (χ2n) is 5.56. The molecule has 1 heterocycles. The van der Waals surface area contributed by atoms with Gasteiger partial charge in [-0.3, -0.25) is 0 Å². The van der Waals surface area contributed by atoms with E-state index in [0.29, 0.717) is 18.2 Å². The first-order valence-corrected chi connectivity index (χ1v) is 9.70. The highest BCUT2D eigenvalue weighted by molar-refractivity contribution is 9.10. The van der Waals surface area contributed by atoms with Crippen LogP contribution in [-0.4, -0.2) is 21.5 Å². The maximum Gasteiger partial charge on any atom is 0.245 e. The molecule has 0 aromatic carbocycles. The van der Waals surface area contributed by atoms with Crippen molar-refractivity contribution in [1.29, 1.82) is 0 Å². The number of nitrogens with one attached hydrogen (secondary N) is 2. The van der Waals surface area contributed by atoms with Crippen molar-refractivity contribution in [2.75, 3.05) is 7.05 Å². The minimum atomic E-state index is -3.55. The second kappa shape index (κ2) is 7.26. The lowest BCUT2D eigenvalue weighted by Crippen LogP contribution is -2.41. The summed E-state index contributed by atoms with van der Waals surface area (Å²) in [6.07, 6.45) is 5.29. The summed E-state index contributed by atoms with van der Waals surface area (Å²) >= 11 is 3.21. The molecule has 0 spiro atoms. The largest absolute Gasteiger partial charge is 0.452 e. The molecule has 1 fully saturated rings. The number of furan rings is 1. The molecule has 2 N–H and O–H groups in total. The first-order valence-electron chi connectivity index (χ1n) is 7.43. The predicted molar refractivity (Wildman–Crippen MR) is 85.5 cm³/mol. The Morgan fingerprint density at radius 2 is 2.10 bits per heavy atom. The minimum Gasteiger partial charge on any atom is -0.452 e. The number of rotatable bonds is 6. The molecule has 2 rings (SSSR count). The molecule has 1 saturated carbocycles. The van der Waals surface area contributed by atoms with Crippen LogP contribution >= 0.6 is 15.9 Å². The Bertz CT molecular complexity index is 571. The van der Waals surface area contributed by atoms with Crippen molar-refractivity contribution >= 4 is 26.0 Å². The zero-order valence-electron chi connectivity index (χ0n) is 12.5. The van der Waals surface area contributed by atoms with Gasteiger partial charge < -0.3 is 9.73 Å². The molecule has 1 aliphatic carbocycles. The van der Waals surface area contributed by atoms with Gasteiger partial charge in [0.1, 0.15) is 10.7 Å². The summed E-state index contributed by atoms with van der Waals surface area (Å²) < 4.78 is 33.7. The average molecular weight is 379 g/mol. The third-order valence-corrected chi connectivity index (χ3v) is 6.43. The Hall–Kier alpha value is -0.370. The molecule has 21 heavy (non-hydrogen) atoms. The molecule has 1 aromatic heterocycles. The van der Waals surface area contributed by atoms with E-state index in [4.69, 9.17) is 4.42 Å². The Kier molecular flexibility index (Phi) is 5.88. The Morgan fingerprint density at radius 1 is 1.38 bits per heavy atom. The van der Waals surface area contributed by atoms with Crippen LogP contribution in [0.25, 0.3) is 0 Å². The van der Waals surface area contributed by atoms with E-state index in [-0.39, 0.29) is 15.6 Å². The van der Waals surface area contributed by atoms with Crippen LogP contribution in [0.2, 0.25) is 0 Å².